The van der Waals surface area contributed by atoms with Gasteiger partial charge in [0, 0.05) is 19.1 Å². The molecule has 0 radical (unpaired) electrons. The minimum atomic E-state index is -3.02. The molecule has 1 aliphatic rings. The molecule has 1 N–H and O–H groups in total. The van der Waals surface area contributed by atoms with Crippen LogP contribution in [0.3, 0.4) is 0 Å². The van der Waals surface area contributed by atoms with E-state index in [0.717, 1.165) is 18.7 Å². The third-order valence-electron chi connectivity index (χ3n) is 3.49. The second kappa shape index (κ2) is 6.43. The van der Waals surface area contributed by atoms with Gasteiger partial charge in [-0.3, -0.25) is 4.79 Å². The van der Waals surface area contributed by atoms with E-state index < -0.39 is 9.84 Å². The maximum Gasteiger partial charge on any atom is 0.272 e. The molecule has 1 atom stereocenters. The summed E-state index contributed by atoms with van der Waals surface area (Å²) in [6.45, 7) is 4.92. The molecular formula is C14H21N3O3S. The van der Waals surface area contributed by atoms with E-state index in [0.29, 0.717) is 5.69 Å². The summed E-state index contributed by atoms with van der Waals surface area (Å²) in [5, 5.41) is 3.19. The van der Waals surface area contributed by atoms with Crippen LogP contribution < -0.4 is 5.32 Å². The lowest BCUT2D eigenvalue weighted by Crippen LogP contribution is -2.49. The van der Waals surface area contributed by atoms with Gasteiger partial charge in [0.2, 0.25) is 0 Å². The Morgan fingerprint density at radius 2 is 2.24 bits per heavy atom. The van der Waals surface area contributed by atoms with E-state index in [4.69, 9.17) is 0 Å². The van der Waals surface area contributed by atoms with Crippen molar-refractivity contribution in [2.24, 2.45) is 0 Å². The van der Waals surface area contributed by atoms with Crippen LogP contribution in [0.1, 0.15) is 30.8 Å². The first-order valence-electron chi connectivity index (χ1n) is 7.14. The maximum absolute atomic E-state index is 12.4. The zero-order valence-electron chi connectivity index (χ0n) is 12.4. The van der Waals surface area contributed by atoms with Crippen molar-refractivity contribution < 1.29 is 13.2 Å². The first kappa shape index (κ1) is 15.8. The molecule has 2 rings (SSSR count). The van der Waals surface area contributed by atoms with Crippen LogP contribution in [0.25, 0.3) is 0 Å². The number of nitrogens with zero attached hydrogens (tertiary/aromatic N) is 2. The molecule has 0 aliphatic carbocycles. The van der Waals surface area contributed by atoms with Crippen molar-refractivity contribution in [3.63, 3.8) is 0 Å². The van der Waals surface area contributed by atoms with Gasteiger partial charge in [-0.25, -0.2) is 13.4 Å². The van der Waals surface area contributed by atoms with Gasteiger partial charge in [0.05, 0.1) is 23.4 Å². The summed E-state index contributed by atoms with van der Waals surface area (Å²) >= 11 is 0. The molecular weight excluding hydrogens is 290 g/mol. The Hall–Kier alpha value is -1.63. The van der Waals surface area contributed by atoms with E-state index in [-0.39, 0.29) is 30.0 Å². The predicted molar refractivity (Wildman–Crippen MR) is 82.2 cm³/mol. The van der Waals surface area contributed by atoms with Gasteiger partial charge in [0.15, 0.2) is 9.84 Å². The molecule has 1 fully saturated rings. The molecule has 1 amide bonds. The third kappa shape index (κ3) is 3.93. The summed E-state index contributed by atoms with van der Waals surface area (Å²) in [4.78, 5) is 18.2. The van der Waals surface area contributed by atoms with Crippen LogP contribution in [-0.4, -0.2) is 54.8 Å². The SMILES string of the molecule is CCCNc1ccc(C(=O)N2CCS(=O)(=O)CC2C)nc1. The lowest BCUT2D eigenvalue weighted by Gasteiger charge is -2.32. The minimum Gasteiger partial charge on any atom is -0.384 e. The van der Waals surface area contributed by atoms with E-state index in [9.17, 15) is 13.2 Å². The average Bonchev–Trinajstić information content (AvgIpc) is 2.44. The third-order valence-corrected chi connectivity index (χ3v) is 5.29. The lowest BCUT2D eigenvalue weighted by atomic mass is 10.2. The highest BCUT2D eigenvalue weighted by Crippen LogP contribution is 2.15. The van der Waals surface area contributed by atoms with E-state index >= 15 is 0 Å². The minimum absolute atomic E-state index is 0.0227. The van der Waals surface area contributed by atoms with Gasteiger partial charge >= 0.3 is 0 Å². The van der Waals surface area contributed by atoms with E-state index in [2.05, 4.69) is 17.2 Å². The van der Waals surface area contributed by atoms with Crippen LogP contribution in [0.4, 0.5) is 5.69 Å². The average molecular weight is 311 g/mol. The number of sulfone groups is 1. The number of hydrogen-bond donors (Lipinski definition) is 1. The van der Waals surface area contributed by atoms with Crippen LogP contribution in [0.5, 0.6) is 0 Å². The summed E-state index contributed by atoms with van der Waals surface area (Å²) in [6.07, 6.45) is 2.65. The molecule has 6 nitrogen and oxygen atoms in total. The Bertz CT molecular complexity index is 598. The fraction of sp³-hybridized carbons (Fsp3) is 0.571. The molecule has 1 saturated heterocycles. The van der Waals surface area contributed by atoms with Gasteiger partial charge in [-0.15, -0.1) is 0 Å². The monoisotopic (exact) mass is 311 g/mol. The van der Waals surface area contributed by atoms with Crippen LogP contribution in [-0.2, 0) is 9.84 Å². The number of aromatic nitrogens is 1. The number of anilines is 1. The number of carbonyl (C=O) groups excluding carboxylic acids is 1. The van der Waals surface area contributed by atoms with Crippen molar-refractivity contribution in [1.82, 2.24) is 9.88 Å². The predicted octanol–water partition coefficient (Wildman–Crippen LogP) is 1.16. The number of nitrogens with one attached hydrogen (secondary N) is 1. The molecule has 116 valence electrons. The molecule has 1 aromatic rings. The van der Waals surface area contributed by atoms with Crippen LogP contribution in [0.2, 0.25) is 0 Å². The highest BCUT2D eigenvalue weighted by atomic mass is 32.2. The number of carbonyl (C=O) groups is 1. The maximum atomic E-state index is 12.4. The Morgan fingerprint density at radius 1 is 1.48 bits per heavy atom. The largest absolute Gasteiger partial charge is 0.384 e. The summed E-state index contributed by atoms with van der Waals surface area (Å²) in [6, 6.07) is 3.19. The molecule has 7 heteroatoms. The summed E-state index contributed by atoms with van der Waals surface area (Å²) in [5.74, 6) is -0.159. The van der Waals surface area contributed by atoms with Gasteiger partial charge in [-0.2, -0.15) is 0 Å². The van der Waals surface area contributed by atoms with Crippen LogP contribution in [0, 0.1) is 0 Å². The Labute approximate surface area is 125 Å². The standard InChI is InChI=1S/C14H21N3O3S/c1-3-6-15-12-4-5-13(16-9-12)14(18)17-7-8-21(19,20)10-11(17)2/h4-5,9,11,15H,3,6-8,10H2,1-2H3. The van der Waals surface area contributed by atoms with Crippen molar-refractivity contribution in [2.75, 3.05) is 29.9 Å². The van der Waals surface area contributed by atoms with Crippen molar-refractivity contribution >= 4 is 21.4 Å². The van der Waals surface area contributed by atoms with Crippen molar-refractivity contribution in [2.45, 2.75) is 26.3 Å². The quantitative estimate of drug-likeness (QED) is 0.903. The molecule has 0 saturated carbocycles. The number of rotatable bonds is 4. The summed E-state index contributed by atoms with van der Waals surface area (Å²) < 4.78 is 23.1. The van der Waals surface area contributed by atoms with Crippen molar-refractivity contribution in [3.8, 4) is 0 Å². The van der Waals surface area contributed by atoms with Crippen LogP contribution in [0.15, 0.2) is 18.3 Å². The first-order chi connectivity index (χ1) is 9.93. The number of hydrogen-bond acceptors (Lipinski definition) is 5. The molecule has 2 heterocycles. The number of amides is 1. The molecule has 1 aliphatic heterocycles. The summed E-state index contributed by atoms with van der Waals surface area (Å²) in [7, 11) is -3.02. The normalized spacial score (nSPS) is 21.0. The lowest BCUT2D eigenvalue weighted by molar-refractivity contribution is 0.0706. The van der Waals surface area contributed by atoms with Gasteiger partial charge in [0.1, 0.15) is 5.69 Å². The fourth-order valence-electron chi connectivity index (χ4n) is 2.34. The van der Waals surface area contributed by atoms with E-state index in [1.165, 1.54) is 0 Å². The second-order valence-corrected chi connectivity index (χ2v) is 7.55. The molecule has 0 spiro atoms. The Balaban J connectivity index is 2.06. The smallest absolute Gasteiger partial charge is 0.272 e. The van der Waals surface area contributed by atoms with Crippen molar-refractivity contribution in [1.29, 1.82) is 0 Å². The van der Waals surface area contributed by atoms with Gasteiger partial charge in [-0.1, -0.05) is 6.92 Å². The molecule has 0 bridgehead atoms. The highest BCUT2D eigenvalue weighted by molar-refractivity contribution is 7.91. The van der Waals surface area contributed by atoms with E-state index in [1.54, 1.807) is 24.1 Å². The Morgan fingerprint density at radius 3 is 2.81 bits per heavy atom. The molecule has 21 heavy (non-hydrogen) atoms. The van der Waals surface area contributed by atoms with Gasteiger partial charge < -0.3 is 10.2 Å². The van der Waals surface area contributed by atoms with E-state index in [1.807, 2.05) is 6.07 Å². The Kier molecular flexibility index (Phi) is 4.82. The number of pyridine rings is 1. The highest BCUT2D eigenvalue weighted by Gasteiger charge is 2.32. The molecule has 1 aromatic heterocycles. The first-order valence-corrected chi connectivity index (χ1v) is 8.96. The van der Waals surface area contributed by atoms with Crippen LogP contribution >= 0.6 is 0 Å². The second-order valence-electron chi connectivity index (χ2n) is 5.32. The topological polar surface area (TPSA) is 79.4 Å². The molecule has 0 aromatic carbocycles. The molecule has 1 unspecified atom stereocenters. The van der Waals surface area contributed by atoms with Crippen molar-refractivity contribution in [3.05, 3.63) is 24.0 Å². The van der Waals surface area contributed by atoms with Gasteiger partial charge in [0.25, 0.3) is 5.91 Å². The fourth-order valence-corrected chi connectivity index (χ4v) is 3.90. The summed E-state index contributed by atoms with van der Waals surface area (Å²) in [5.41, 5.74) is 1.23. The zero-order valence-corrected chi connectivity index (χ0v) is 13.2. The van der Waals surface area contributed by atoms with Gasteiger partial charge in [-0.05, 0) is 25.5 Å². The zero-order chi connectivity index (χ0) is 15.5.